The number of rotatable bonds is 6. The number of nitrogens with zero attached hydrogens (tertiary/aromatic N) is 4. The van der Waals surface area contributed by atoms with Gasteiger partial charge in [0.2, 0.25) is 0 Å². The number of amides is 1. The van der Waals surface area contributed by atoms with Gasteiger partial charge in [0.25, 0.3) is 5.91 Å². The molecule has 0 unspecified atom stereocenters. The molecule has 3 aromatic rings. The van der Waals surface area contributed by atoms with Gasteiger partial charge in [0.05, 0.1) is 17.9 Å². The topological polar surface area (TPSA) is 72.7 Å². The van der Waals surface area contributed by atoms with Crippen LogP contribution in [0.15, 0.2) is 48.9 Å². The zero-order valence-electron chi connectivity index (χ0n) is 11.8. The van der Waals surface area contributed by atoms with Gasteiger partial charge >= 0.3 is 0 Å². The Morgan fingerprint density at radius 3 is 2.91 bits per heavy atom. The zero-order valence-corrected chi connectivity index (χ0v) is 12.7. The Morgan fingerprint density at radius 2 is 2.14 bits per heavy atom. The Labute approximate surface area is 132 Å². The molecule has 22 heavy (non-hydrogen) atoms. The summed E-state index contributed by atoms with van der Waals surface area (Å²) >= 11 is 1.03. The van der Waals surface area contributed by atoms with E-state index in [2.05, 4.69) is 35.7 Å². The molecule has 7 heteroatoms. The largest absolute Gasteiger partial charge is 0.350 e. The predicted octanol–water partition coefficient (Wildman–Crippen LogP) is 1.76. The Balaban J connectivity index is 1.55. The van der Waals surface area contributed by atoms with Crippen LogP contribution in [0, 0.1) is 0 Å². The fraction of sp³-hybridized carbons (Fsp3) is 0.200. The van der Waals surface area contributed by atoms with Gasteiger partial charge in [0.1, 0.15) is 5.82 Å². The van der Waals surface area contributed by atoms with Crippen molar-refractivity contribution in [3.05, 3.63) is 66.0 Å². The van der Waals surface area contributed by atoms with Gasteiger partial charge in [-0.1, -0.05) is 30.3 Å². The third-order valence-corrected chi connectivity index (χ3v) is 3.70. The third-order valence-electron chi connectivity index (χ3n) is 3.23. The molecule has 0 fully saturated rings. The summed E-state index contributed by atoms with van der Waals surface area (Å²) in [6.07, 6.45) is 5.87. The molecule has 3 rings (SSSR count). The fourth-order valence-electron chi connectivity index (χ4n) is 2.14. The highest BCUT2D eigenvalue weighted by molar-refractivity contribution is 6.99. The minimum Gasteiger partial charge on any atom is -0.350 e. The SMILES string of the molecule is O=C(NCCc1nccn1Cc1ccccc1)c1cnsn1. The molecule has 0 atom stereocenters. The number of nitrogens with one attached hydrogen (secondary N) is 1. The lowest BCUT2D eigenvalue weighted by atomic mass is 10.2. The highest BCUT2D eigenvalue weighted by Crippen LogP contribution is 2.06. The smallest absolute Gasteiger partial charge is 0.272 e. The van der Waals surface area contributed by atoms with E-state index >= 15 is 0 Å². The molecule has 112 valence electrons. The molecule has 2 heterocycles. The summed E-state index contributed by atoms with van der Waals surface area (Å²) in [7, 11) is 0. The van der Waals surface area contributed by atoms with Crippen molar-refractivity contribution in [3.8, 4) is 0 Å². The molecule has 0 aliphatic carbocycles. The number of aromatic nitrogens is 4. The molecule has 0 spiro atoms. The summed E-state index contributed by atoms with van der Waals surface area (Å²) in [5, 5.41) is 2.83. The summed E-state index contributed by atoms with van der Waals surface area (Å²) in [4.78, 5) is 16.1. The number of carbonyl (C=O) groups is 1. The summed E-state index contributed by atoms with van der Waals surface area (Å²) < 4.78 is 9.81. The molecular formula is C15H15N5OS. The van der Waals surface area contributed by atoms with Gasteiger partial charge in [0.15, 0.2) is 5.69 Å². The van der Waals surface area contributed by atoms with Crippen molar-refractivity contribution in [1.82, 2.24) is 23.6 Å². The molecule has 1 N–H and O–H groups in total. The van der Waals surface area contributed by atoms with Crippen LogP contribution in [-0.4, -0.2) is 30.8 Å². The number of benzene rings is 1. The van der Waals surface area contributed by atoms with Crippen molar-refractivity contribution in [1.29, 1.82) is 0 Å². The van der Waals surface area contributed by atoms with Crippen LogP contribution in [0.25, 0.3) is 0 Å². The molecular weight excluding hydrogens is 298 g/mol. The molecule has 2 aromatic heterocycles. The monoisotopic (exact) mass is 313 g/mol. The van der Waals surface area contributed by atoms with E-state index in [1.54, 1.807) is 6.20 Å². The van der Waals surface area contributed by atoms with E-state index in [0.717, 1.165) is 24.1 Å². The van der Waals surface area contributed by atoms with Gasteiger partial charge < -0.3 is 9.88 Å². The Bertz CT molecular complexity index is 723. The summed E-state index contributed by atoms with van der Waals surface area (Å²) in [6.45, 7) is 1.29. The van der Waals surface area contributed by atoms with E-state index in [4.69, 9.17) is 0 Å². The zero-order chi connectivity index (χ0) is 15.2. The normalized spacial score (nSPS) is 10.5. The van der Waals surface area contributed by atoms with Crippen molar-refractivity contribution < 1.29 is 4.79 Å². The predicted molar refractivity (Wildman–Crippen MR) is 83.7 cm³/mol. The molecule has 0 aliphatic heterocycles. The first-order valence-electron chi connectivity index (χ1n) is 6.92. The minimum atomic E-state index is -0.199. The van der Waals surface area contributed by atoms with Crippen molar-refractivity contribution >= 4 is 17.6 Å². The summed E-state index contributed by atoms with van der Waals surface area (Å²) in [5.74, 6) is 0.746. The van der Waals surface area contributed by atoms with Crippen molar-refractivity contribution in [2.75, 3.05) is 6.54 Å². The highest BCUT2D eigenvalue weighted by Gasteiger charge is 2.09. The van der Waals surface area contributed by atoms with Gasteiger partial charge in [-0.2, -0.15) is 8.75 Å². The number of hydrogen-bond acceptors (Lipinski definition) is 5. The summed E-state index contributed by atoms with van der Waals surface area (Å²) in [6, 6.07) is 10.2. The van der Waals surface area contributed by atoms with Gasteiger partial charge in [-0.15, -0.1) is 0 Å². The van der Waals surface area contributed by atoms with Crippen LogP contribution in [0.2, 0.25) is 0 Å². The van der Waals surface area contributed by atoms with Crippen LogP contribution in [0.3, 0.4) is 0 Å². The summed E-state index contributed by atoms with van der Waals surface area (Å²) in [5.41, 5.74) is 1.58. The maximum absolute atomic E-state index is 11.8. The van der Waals surface area contributed by atoms with Crippen LogP contribution < -0.4 is 5.32 Å². The lowest BCUT2D eigenvalue weighted by Crippen LogP contribution is -2.26. The molecule has 0 bridgehead atoms. The average Bonchev–Trinajstić information content (AvgIpc) is 3.20. The first kappa shape index (κ1) is 14.4. The molecule has 0 aliphatic rings. The molecule has 0 saturated carbocycles. The first-order valence-corrected chi connectivity index (χ1v) is 7.65. The molecule has 1 amide bonds. The van der Waals surface area contributed by atoms with Gasteiger partial charge in [-0.3, -0.25) is 4.79 Å². The van der Waals surface area contributed by atoms with E-state index < -0.39 is 0 Å². The second-order valence-electron chi connectivity index (χ2n) is 4.76. The van der Waals surface area contributed by atoms with Crippen LogP contribution in [0.1, 0.15) is 21.9 Å². The Hall–Kier alpha value is -2.54. The maximum Gasteiger partial charge on any atom is 0.272 e. The molecule has 1 aromatic carbocycles. The average molecular weight is 313 g/mol. The van der Waals surface area contributed by atoms with E-state index in [0.29, 0.717) is 18.7 Å². The second kappa shape index (κ2) is 6.95. The van der Waals surface area contributed by atoms with E-state index in [1.807, 2.05) is 24.4 Å². The third kappa shape index (κ3) is 3.56. The number of imidazole rings is 1. The van der Waals surface area contributed by atoms with Gasteiger partial charge in [-0.25, -0.2) is 4.98 Å². The van der Waals surface area contributed by atoms with E-state index in [9.17, 15) is 4.79 Å². The Morgan fingerprint density at radius 1 is 1.27 bits per heavy atom. The second-order valence-corrected chi connectivity index (χ2v) is 5.31. The standard InChI is InChI=1S/C15H15N5OS/c21-15(13-10-18-22-19-13)17-7-6-14-16-8-9-20(14)11-12-4-2-1-3-5-12/h1-5,8-10H,6-7,11H2,(H,17,21). The van der Waals surface area contributed by atoms with Crippen molar-refractivity contribution in [3.63, 3.8) is 0 Å². The quantitative estimate of drug-likeness (QED) is 0.752. The minimum absolute atomic E-state index is 0.199. The Kier molecular flexibility index (Phi) is 4.55. The molecule has 0 radical (unpaired) electrons. The van der Waals surface area contributed by atoms with E-state index in [-0.39, 0.29) is 5.91 Å². The van der Waals surface area contributed by atoms with Crippen LogP contribution in [0.4, 0.5) is 0 Å². The molecule has 6 nitrogen and oxygen atoms in total. The highest BCUT2D eigenvalue weighted by atomic mass is 32.1. The number of carbonyl (C=O) groups excluding carboxylic acids is 1. The van der Waals surface area contributed by atoms with Crippen LogP contribution in [-0.2, 0) is 13.0 Å². The molecule has 0 saturated heterocycles. The van der Waals surface area contributed by atoms with Gasteiger partial charge in [-0.05, 0) is 5.56 Å². The maximum atomic E-state index is 11.8. The first-order chi connectivity index (χ1) is 10.8. The van der Waals surface area contributed by atoms with E-state index in [1.165, 1.54) is 11.8 Å². The fourth-order valence-corrected chi connectivity index (χ4v) is 2.55. The van der Waals surface area contributed by atoms with Crippen LogP contribution in [0.5, 0.6) is 0 Å². The number of hydrogen-bond donors (Lipinski definition) is 1. The van der Waals surface area contributed by atoms with Crippen LogP contribution >= 0.6 is 11.7 Å². The van der Waals surface area contributed by atoms with Crippen molar-refractivity contribution in [2.45, 2.75) is 13.0 Å². The van der Waals surface area contributed by atoms with Gasteiger partial charge in [0, 0.05) is 31.9 Å². The lowest BCUT2D eigenvalue weighted by molar-refractivity contribution is 0.0950. The lowest BCUT2D eigenvalue weighted by Gasteiger charge is -2.08. The van der Waals surface area contributed by atoms with Crippen molar-refractivity contribution in [2.24, 2.45) is 0 Å².